The van der Waals surface area contributed by atoms with Crippen LogP contribution < -0.4 is 14.2 Å². The lowest BCUT2D eigenvalue weighted by molar-refractivity contribution is 0.405. The molecule has 0 bridgehead atoms. The molecule has 0 saturated heterocycles. The lowest BCUT2D eigenvalue weighted by Crippen LogP contribution is -2.13. The summed E-state index contributed by atoms with van der Waals surface area (Å²) in [6, 6.07) is 20.8. The zero-order valence-electron chi connectivity index (χ0n) is 16.9. The van der Waals surface area contributed by atoms with E-state index >= 15 is 0 Å². The van der Waals surface area contributed by atoms with Gasteiger partial charge in [-0.3, -0.25) is 4.72 Å². The van der Waals surface area contributed by atoms with E-state index in [0.29, 0.717) is 28.7 Å². The number of nitrogens with one attached hydrogen (secondary N) is 1. The average Bonchev–Trinajstić information content (AvgIpc) is 3.30. The number of hydrogen-bond donors (Lipinski definition) is 1. The van der Waals surface area contributed by atoms with E-state index < -0.39 is 10.0 Å². The molecular formula is C23H20N2O5S. The maximum atomic E-state index is 12.9. The minimum Gasteiger partial charge on any atom is -0.497 e. The lowest BCUT2D eigenvalue weighted by atomic mass is 10.2. The smallest absolute Gasteiger partial charge is 0.262 e. The van der Waals surface area contributed by atoms with E-state index in [1.54, 1.807) is 36.5 Å². The van der Waals surface area contributed by atoms with E-state index in [0.717, 1.165) is 5.56 Å². The summed E-state index contributed by atoms with van der Waals surface area (Å²) in [4.78, 5) is 4.40. The van der Waals surface area contributed by atoms with Crippen LogP contribution in [-0.4, -0.2) is 27.6 Å². The third-order valence-corrected chi connectivity index (χ3v) is 6.01. The molecule has 1 aromatic heterocycles. The van der Waals surface area contributed by atoms with Gasteiger partial charge < -0.3 is 13.9 Å². The highest BCUT2D eigenvalue weighted by Gasteiger charge is 2.18. The van der Waals surface area contributed by atoms with Crippen LogP contribution in [0.25, 0.3) is 22.8 Å². The average molecular weight is 436 g/mol. The van der Waals surface area contributed by atoms with Crippen LogP contribution in [0.1, 0.15) is 0 Å². The number of hydrogen-bond acceptors (Lipinski definition) is 6. The maximum Gasteiger partial charge on any atom is 0.262 e. The molecule has 0 aliphatic rings. The number of sulfonamides is 1. The molecule has 0 fully saturated rings. The Morgan fingerprint density at radius 1 is 0.871 bits per heavy atom. The number of rotatable bonds is 7. The fourth-order valence-electron chi connectivity index (χ4n) is 3.02. The summed E-state index contributed by atoms with van der Waals surface area (Å²) in [6.07, 6.45) is 1.64. The van der Waals surface area contributed by atoms with Crippen LogP contribution in [-0.2, 0) is 10.0 Å². The Hall–Kier alpha value is -3.78. The summed E-state index contributed by atoms with van der Waals surface area (Å²) < 4.78 is 44.5. The summed E-state index contributed by atoms with van der Waals surface area (Å²) in [7, 11) is -0.873. The zero-order valence-corrected chi connectivity index (χ0v) is 17.7. The van der Waals surface area contributed by atoms with Gasteiger partial charge >= 0.3 is 0 Å². The maximum absolute atomic E-state index is 12.9. The second-order valence-corrected chi connectivity index (χ2v) is 8.27. The Balaban J connectivity index is 1.57. The SMILES string of the molecule is COc1ccc(OC)c(NS(=O)(=O)c2ccc(-c3ncc(-c4ccccc4)o3)cc2)c1. The molecule has 8 heteroatoms. The predicted octanol–water partition coefficient (Wildman–Crippen LogP) is 4.83. The normalized spacial score (nSPS) is 11.2. The van der Waals surface area contributed by atoms with E-state index in [9.17, 15) is 8.42 Å². The van der Waals surface area contributed by atoms with Crippen LogP contribution in [0.15, 0.2) is 88.3 Å². The fraction of sp³-hybridized carbons (Fsp3) is 0.0870. The van der Waals surface area contributed by atoms with E-state index in [2.05, 4.69) is 9.71 Å². The van der Waals surface area contributed by atoms with Crippen LogP contribution in [0.4, 0.5) is 5.69 Å². The second-order valence-electron chi connectivity index (χ2n) is 6.59. The monoisotopic (exact) mass is 436 g/mol. The van der Waals surface area contributed by atoms with Crippen LogP contribution in [0, 0.1) is 0 Å². The molecule has 0 unspecified atom stereocenters. The minimum absolute atomic E-state index is 0.0935. The van der Waals surface area contributed by atoms with Crippen LogP contribution in [0.5, 0.6) is 11.5 Å². The Morgan fingerprint density at radius 2 is 1.61 bits per heavy atom. The summed E-state index contributed by atoms with van der Waals surface area (Å²) in [5.41, 5.74) is 1.86. The van der Waals surface area contributed by atoms with Crippen LogP contribution in [0.2, 0.25) is 0 Å². The van der Waals surface area contributed by atoms with Crippen molar-refractivity contribution >= 4 is 15.7 Å². The van der Waals surface area contributed by atoms with Gasteiger partial charge in [0.1, 0.15) is 11.5 Å². The van der Waals surface area contributed by atoms with Gasteiger partial charge in [-0.05, 0) is 36.4 Å². The molecule has 0 saturated carbocycles. The Bertz CT molecular complexity index is 1280. The molecule has 0 spiro atoms. The molecule has 3 aromatic carbocycles. The van der Waals surface area contributed by atoms with Crippen molar-refractivity contribution in [3.8, 4) is 34.3 Å². The van der Waals surface area contributed by atoms with Gasteiger partial charge in [0.15, 0.2) is 5.76 Å². The van der Waals surface area contributed by atoms with Gasteiger partial charge in [0, 0.05) is 17.2 Å². The van der Waals surface area contributed by atoms with Crippen molar-refractivity contribution in [2.75, 3.05) is 18.9 Å². The number of nitrogens with zero attached hydrogens (tertiary/aromatic N) is 1. The molecule has 31 heavy (non-hydrogen) atoms. The lowest BCUT2D eigenvalue weighted by Gasteiger charge is -2.13. The molecule has 7 nitrogen and oxygen atoms in total. The van der Waals surface area contributed by atoms with Crippen molar-refractivity contribution in [1.82, 2.24) is 4.98 Å². The first-order valence-corrected chi connectivity index (χ1v) is 10.8. The van der Waals surface area contributed by atoms with Gasteiger partial charge in [0.2, 0.25) is 5.89 Å². The summed E-state index contributed by atoms with van der Waals surface area (Å²) in [6.45, 7) is 0. The van der Waals surface area contributed by atoms with Crippen molar-refractivity contribution in [3.05, 3.63) is 79.0 Å². The van der Waals surface area contributed by atoms with Crippen molar-refractivity contribution < 1.29 is 22.3 Å². The minimum atomic E-state index is -3.84. The number of oxazole rings is 1. The number of aromatic nitrogens is 1. The molecule has 4 aromatic rings. The second kappa shape index (κ2) is 8.53. The van der Waals surface area contributed by atoms with Gasteiger partial charge in [-0.2, -0.15) is 0 Å². The van der Waals surface area contributed by atoms with Crippen molar-refractivity contribution in [2.45, 2.75) is 4.90 Å². The highest BCUT2D eigenvalue weighted by molar-refractivity contribution is 7.92. The van der Waals surface area contributed by atoms with Gasteiger partial charge in [-0.15, -0.1) is 0 Å². The molecular weight excluding hydrogens is 416 g/mol. The standard InChI is InChI=1S/C23H20N2O5S/c1-28-18-10-13-21(29-2)20(14-18)25-31(26,27)19-11-8-17(9-12-19)23-24-15-22(30-23)16-6-4-3-5-7-16/h3-15,25H,1-2H3. The third-order valence-electron chi connectivity index (χ3n) is 4.63. The Morgan fingerprint density at radius 3 is 2.29 bits per heavy atom. The molecule has 1 heterocycles. The molecule has 0 aliphatic carbocycles. The number of methoxy groups -OCH3 is 2. The van der Waals surface area contributed by atoms with E-state index in [4.69, 9.17) is 13.9 Å². The summed E-state index contributed by atoms with van der Waals surface area (Å²) in [5, 5.41) is 0. The molecule has 0 aliphatic heterocycles. The number of ether oxygens (including phenoxy) is 2. The first-order chi connectivity index (χ1) is 15.0. The number of benzene rings is 3. The largest absolute Gasteiger partial charge is 0.497 e. The van der Waals surface area contributed by atoms with Gasteiger partial charge in [0.25, 0.3) is 10.0 Å². The quantitative estimate of drug-likeness (QED) is 0.446. The molecule has 1 N–H and O–H groups in total. The highest BCUT2D eigenvalue weighted by Crippen LogP contribution is 2.31. The van der Waals surface area contributed by atoms with Crippen molar-refractivity contribution in [1.29, 1.82) is 0 Å². The molecule has 0 amide bonds. The Labute approximate surface area is 180 Å². The van der Waals surface area contributed by atoms with Gasteiger partial charge in [-0.25, -0.2) is 13.4 Å². The van der Waals surface area contributed by atoms with Gasteiger partial charge in [0.05, 0.1) is 31.0 Å². The first kappa shape index (κ1) is 20.5. The summed E-state index contributed by atoms with van der Waals surface area (Å²) >= 11 is 0. The molecule has 0 atom stereocenters. The van der Waals surface area contributed by atoms with E-state index in [1.165, 1.54) is 26.4 Å². The first-order valence-electron chi connectivity index (χ1n) is 9.37. The Kier molecular flexibility index (Phi) is 5.64. The predicted molar refractivity (Wildman–Crippen MR) is 118 cm³/mol. The topological polar surface area (TPSA) is 90.7 Å². The zero-order chi connectivity index (χ0) is 21.8. The molecule has 0 radical (unpaired) electrons. The number of anilines is 1. The highest BCUT2D eigenvalue weighted by atomic mass is 32.2. The third kappa shape index (κ3) is 4.39. The fourth-order valence-corrected chi connectivity index (χ4v) is 4.08. The van der Waals surface area contributed by atoms with E-state index in [-0.39, 0.29) is 10.6 Å². The summed E-state index contributed by atoms with van der Waals surface area (Å²) in [5.74, 6) is 1.94. The van der Waals surface area contributed by atoms with Crippen molar-refractivity contribution in [3.63, 3.8) is 0 Å². The van der Waals surface area contributed by atoms with E-state index in [1.807, 2.05) is 30.3 Å². The molecule has 158 valence electrons. The molecule has 4 rings (SSSR count). The van der Waals surface area contributed by atoms with Gasteiger partial charge in [-0.1, -0.05) is 30.3 Å². The van der Waals surface area contributed by atoms with Crippen LogP contribution in [0.3, 0.4) is 0 Å². The van der Waals surface area contributed by atoms with Crippen LogP contribution >= 0.6 is 0 Å². The van der Waals surface area contributed by atoms with Crippen molar-refractivity contribution in [2.24, 2.45) is 0 Å².